The maximum Gasteiger partial charge on any atom is 0.413 e. The van der Waals surface area contributed by atoms with E-state index in [1.807, 2.05) is 26.8 Å². The minimum absolute atomic E-state index is 0.311. The highest BCUT2D eigenvalue weighted by atomic mass is 16.6. The van der Waals surface area contributed by atoms with E-state index in [0.717, 1.165) is 18.5 Å². The summed E-state index contributed by atoms with van der Waals surface area (Å²) in [5.41, 5.74) is 0.718. The molecule has 116 valence electrons. The van der Waals surface area contributed by atoms with E-state index in [1.54, 1.807) is 12.4 Å². The van der Waals surface area contributed by atoms with Gasteiger partial charge in [-0.25, -0.2) is 4.79 Å². The number of likely N-dealkylation sites (tertiary alicyclic amines) is 1. The zero-order chi connectivity index (χ0) is 15.3. The van der Waals surface area contributed by atoms with Gasteiger partial charge in [0.15, 0.2) is 5.75 Å². The molecule has 5 nitrogen and oxygen atoms in total. The number of hydrogen-bond acceptors (Lipinski definition) is 4. The Labute approximate surface area is 126 Å². The van der Waals surface area contributed by atoms with Crippen molar-refractivity contribution in [2.45, 2.75) is 45.6 Å². The van der Waals surface area contributed by atoms with Gasteiger partial charge in [0.25, 0.3) is 0 Å². The maximum absolute atomic E-state index is 11.9. The Bertz CT molecular complexity index is 477. The van der Waals surface area contributed by atoms with Crippen molar-refractivity contribution in [3.63, 3.8) is 0 Å². The predicted molar refractivity (Wildman–Crippen MR) is 82.5 cm³/mol. The molecule has 0 atom stereocenters. The smallest absolute Gasteiger partial charge is 0.408 e. The monoisotopic (exact) mass is 291 g/mol. The number of rotatable bonds is 4. The van der Waals surface area contributed by atoms with Crippen molar-refractivity contribution in [3.05, 3.63) is 24.0 Å². The molecule has 0 bridgehead atoms. The Hall–Kier alpha value is -1.62. The molecule has 0 radical (unpaired) electrons. The lowest BCUT2D eigenvalue weighted by Crippen LogP contribution is -2.42. The van der Waals surface area contributed by atoms with Crippen LogP contribution in [-0.2, 0) is 6.42 Å². The standard InChI is InChI=1S/C16H25N3O2/c1-16(2,3)18-15(20)21-14-12-17-8-6-13(14)7-11-19-9-4-5-10-19/h6,8,12H,4-5,7,9-11H2,1-3H3,(H,18,20). The highest BCUT2D eigenvalue weighted by Gasteiger charge is 2.17. The van der Waals surface area contributed by atoms with E-state index in [9.17, 15) is 4.79 Å². The minimum Gasteiger partial charge on any atom is -0.408 e. The average Bonchev–Trinajstić information content (AvgIpc) is 2.88. The summed E-state index contributed by atoms with van der Waals surface area (Å²) in [5, 5.41) is 2.79. The number of nitrogens with one attached hydrogen (secondary N) is 1. The van der Waals surface area contributed by atoms with Crippen LogP contribution < -0.4 is 10.1 Å². The van der Waals surface area contributed by atoms with E-state index >= 15 is 0 Å². The highest BCUT2D eigenvalue weighted by molar-refractivity contribution is 5.71. The van der Waals surface area contributed by atoms with Crippen LogP contribution in [0.2, 0.25) is 0 Å². The Morgan fingerprint density at radius 2 is 2.10 bits per heavy atom. The van der Waals surface area contributed by atoms with Crippen molar-refractivity contribution < 1.29 is 9.53 Å². The number of pyridine rings is 1. The summed E-state index contributed by atoms with van der Waals surface area (Å²) < 4.78 is 5.41. The number of ether oxygens (including phenoxy) is 1. The number of aromatic nitrogens is 1. The molecule has 0 unspecified atom stereocenters. The van der Waals surface area contributed by atoms with Crippen LogP contribution in [0.3, 0.4) is 0 Å². The Kier molecular flexibility index (Phi) is 5.17. The van der Waals surface area contributed by atoms with Crippen LogP contribution in [0.1, 0.15) is 39.2 Å². The Morgan fingerprint density at radius 1 is 1.38 bits per heavy atom. The number of nitrogens with zero attached hydrogens (tertiary/aromatic N) is 2. The molecule has 2 heterocycles. The number of carbonyl (C=O) groups is 1. The summed E-state index contributed by atoms with van der Waals surface area (Å²) in [6.07, 6.45) is 6.37. The van der Waals surface area contributed by atoms with Gasteiger partial charge in [0.1, 0.15) is 0 Å². The summed E-state index contributed by atoms with van der Waals surface area (Å²) in [4.78, 5) is 18.4. The molecular formula is C16H25N3O2. The van der Waals surface area contributed by atoms with Crippen LogP contribution >= 0.6 is 0 Å². The molecule has 0 spiro atoms. The zero-order valence-electron chi connectivity index (χ0n) is 13.2. The molecule has 1 fully saturated rings. The number of amides is 1. The Morgan fingerprint density at radius 3 is 2.76 bits per heavy atom. The number of hydrogen-bond donors (Lipinski definition) is 1. The van der Waals surface area contributed by atoms with E-state index in [4.69, 9.17) is 4.74 Å². The molecule has 2 rings (SSSR count). The van der Waals surface area contributed by atoms with Gasteiger partial charge in [0.05, 0.1) is 6.20 Å². The highest BCUT2D eigenvalue weighted by Crippen LogP contribution is 2.19. The molecule has 0 aliphatic carbocycles. The molecule has 0 saturated carbocycles. The van der Waals surface area contributed by atoms with Gasteiger partial charge >= 0.3 is 6.09 Å². The quantitative estimate of drug-likeness (QED) is 0.926. The van der Waals surface area contributed by atoms with Crippen LogP contribution in [-0.4, -0.2) is 41.2 Å². The third kappa shape index (κ3) is 5.34. The molecule has 1 N–H and O–H groups in total. The van der Waals surface area contributed by atoms with Crippen molar-refractivity contribution in [3.8, 4) is 5.75 Å². The maximum atomic E-state index is 11.9. The van der Waals surface area contributed by atoms with Gasteiger partial charge in [-0.05, 0) is 64.8 Å². The SMILES string of the molecule is CC(C)(C)NC(=O)Oc1cnccc1CCN1CCCC1. The fourth-order valence-corrected chi connectivity index (χ4v) is 2.42. The first-order chi connectivity index (χ1) is 9.94. The molecule has 1 aliphatic heterocycles. The van der Waals surface area contributed by atoms with Crippen LogP contribution in [0.15, 0.2) is 18.5 Å². The molecule has 1 saturated heterocycles. The molecular weight excluding hydrogens is 266 g/mol. The van der Waals surface area contributed by atoms with Gasteiger partial charge in [0, 0.05) is 18.3 Å². The second kappa shape index (κ2) is 6.89. The second-order valence-electron chi connectivity index (χ2n) is 6.55. The topological polar surface area (TPSA) is 54.5 Å². The summed E-state index contributed by atoms with van der Waals surface area (Å²) in [7, 11) is 0. The van der Waals surface area contributed by atoms with E-state index in [0.29, 0.717) is 5.75 Å². The third-order valence-corrected chi connectivity index (χ3v) is 3.45. The molecule has 5 heteroatoms. The number of carbonyl (C=O) groups excluding carboxylic acids is 1. The van der Waals surface area contributed by atoms with Crippen molar-refractivity contribution in [2.75, 3.05) is 19.6 Å². The zero-order valence-corrected chi connectivity index (χ0v) is 13.2. The third-order valence-electron chi connectivity index (χ3n) is 3.45. The summed E-state index contributed by atoms with van der Waals surface area (Å²) in [6.45, 7) is 9.11. The molecule has 1 amide bonds. The lowest BCUT2D eigenvalue weighted by atomic mass is 10.1. The fourth-order valence-electron chi connectivity index (χ4n) is 2.42. The van der Waals surface area contributed by atoms with Gasteiger partial charge in [-0.2, -0.15) is 0 Å². The van der Waals surface area contributed by atoms with E-state index in [2.05, 4.69) is 15.2 Å². The van der Waals surface area contributed by atoms with Crippen LogP contribution in [0.4, 0.5) is 4.79 Å². The summed E-state index contributed by atoms with van der Waals surface area (Å²) in [6, 6.07) is 1.93. The molecule has 0 aromatic carbocycles. The van der Waals surface area contributed by atoms with Crippen molar-refractivity contribution >= 4 is 6.09 Å². The van der Waals surface area contributed by atoms with Crippen LogP contribution in [0.5, 0.6) is 5.75 Å². The predicted octanol–water partition coefficient (Wildman–Crippen LogP) is 2.61. The van der Waals surface area contributed by atoms with Gasteiger partial charge in [-0.3, -0.25) is 4.98 Å². The average molecular weight is 291 g/mol. The second-order valence-corrected chi connectivity index (χ2v) is 6.55. The first kappa shape index (κ1) is 15.8. The van der Waals surface area contributed by atoms with E-state index in [1.165, 1.54) is 25.9 Å². The lowest BCUT2D eigenvalue weighted by molar-refractivity contribution is 0.190. The molecule has 1 aliphatic rings. The molecule has 1 aromatic heterocycles. The summed E-state index contributed by atoms with van der Waals surface area (Å²) in [5.74, 6) is 0.554. The first-order valence-electron chi connectivity index (χ1n) is 7.59. The fraction of sp³-hybridized carbons (Fsp3) is 0.625. The van der Waals surface area contributed by atoms with Gasteiger partial charge in [-0.1, -0.05) is 0 Å². The minimum atomic E-state index is -0.432. The van der Waals surface area contributed by atoms with Gasteiger partial charge in [-0.15, -0.1) is 0 Å². The largest absolute Gasteiger partial charge is 0.413 e. The molecule has 21 heavy (non-hydrogen) atoms. The van der Waals surface area contributed by atoms with Gasteiger partial charge in [0.2, 0.25) is 0 Å². The van der Waals surface area contributed by atoms with Crippen molar-refractivity contribution in [1.29, 1.82) is 0 Å². The lowest BCUT2D eigenvalue weighted by Gasteiger charge is -2.20. The summed E-state index contributed by atoms with van der Waals surface area (Å²) >= 11 is 0. The van der Waals surface area contributed by atoms with Crippen LogP contribution in [0, 0.1) is 0 Å². The van der Waals surface area contributed by atoms with Crippen molar-refractivity contribution in [2.24, 2.45) is 0 Å². The van der Waals surface area contributed by atoms with Crippen molar-refractivity contribution in [1.82, 2.24) is 15.2 Å². The first-order valence-corrected chi connectivity index (χ1v) is 7.59. The van der Waals surface area contributed by atoms with Gasteiger partial charge < -0.3 is 15.0 Å². The Balaban J connectivity index is 1.94. The molecule has 1 aromatic rings. The van der Waals surface area contributed by atoms with Crippen LogP contribution in [0.25, 0.3) is 0 Å². The normalized spacial score (nSPS) is 16.0. The van der Waals surface area contributed by atoms with E-state index < -0.39 is 6.09 Å². The van der Waals surface area contributed by atoms with E-state index in [-0.39, 0.29) is 5.54 Å².